The summed E-state index contributed by atoms with van der Waals surface area (Å²) < 4.78 is 5.47. The summed E-state index contributed by atoms with van der Waals surface area (Å²) in [5.74, 6) is 1.07. The van der Waals surface area contributed by atoms with Gasteiger partial charge in [0.15, 0.2) is 0 Å². The molecular weight excluding hydrogens is 135 g/mol. The monoisotopic (exact) mass is 146 g/mol. The highest BCUT2D eigenvalue weighted by Crippen LogP contribution is 2.15. The van der Waals surface area contributed by atoms with Crippen LogP contribution in [0, 0.1) is 6.92 Å². The molecular formula is C9H11BO. The predicted octanol–water partition coefficient (Wildman–Crippen LogP) is 1.26. The van der Waals surface area contributed by atoms with Crippen LogP contribution in [-0.2, 0) is 0 Å². The first kappa shape index (κ1) is 6.77. The second-order valence-electron chi connectivity index (χ2n) is 3.25. The number of ether oxygens (including phenoxy) is 1. The maximum absolute atomic E-state index is 5.47. The van der Waals surface area contributed by atoms with Gasteiger partial charge in [0, 0.05) is 0 Å². The third-order valence-corrected chi connectivity index (χ3v) is 2.19. The first-order valence-corrected chi connectivity index (χ1v) is 4.01. The third-order valence-electron chi connectivity index (χ3n) is 2.19. The molecule has 0 radical (unpaired) electrons. The Balaban J connectivity index is 2.52. The number of hydrogen-bond donors (Lipinski definition) is 0. The van der Waals surface area contributed by atoms with Crippen LogP contribution >= 0.6 is 0 Å². The van der Waals surface area contributed by atoms with Crippen LogP contribution in [0.1, 0.15) is 5.56 Å². The molecule has 0 atom stereocenters. The maximum atomic E-state index is 5.47. The fraction of sp³-hybridized carbons (Fsp3) is 0.333. The average molecular weight is 146 g/mol. The molecule has 56 valence electrons. The van der Waals surface area contributed by atoms with E-state index < -0.39 is 0 Å². The van der Waals surface area contributed by atoms with Gasteiger partial charge in [0.25, 0.3) is 0 Å². The van der Waals surface area contributed by atoms with Gasteiger partial charge in [-0.05, 0) is 18.5 Å². The van der Waals surface area contributed by atoms with Crippen LogP contribution in [0.5, 0.6) is 5.75 Å². The van der Waals surface area contributed by atoms with Crippen molar-refractivity contribution in [3.8, 4) is 5.75 Å². The maximum Gasteiger partial charge on any atom is 0.222 e. The molecule has 1 aromatic rings. The molecule has 0 N–H and O–H groups in total. The third kappa shape index (κ3) is 1.03. The molecule has 0 bridgehead atoms. The van der Waals surface area contributed by atoms with E-state index in [1.807, 2.05) is 0 Å². The summed E-state index contributed by atoms with van der Waals surface area (Å²) in [7, 11) is 0. The highest BCUT2D eigenvalue weighted by molar-refractivity contribution is 6.73. The van der Waals surface area contributed by atoms with Gasteiger partial charge in [-0.25, -0.2) is 0 Å². The molecule has 0 amide bonds. The molecule has 0 aliphatic carbocycles. The van der Waals surface area contributed by atoms with Crippen molar-refractivity contribution in [2.24, 2.45) is 0 Å². The Morgan fingerprint density at radius 3 is 3.09 bits per heavy atom. The van der Waals surface area contributed by atoms with Gasteiger partial charge < -0.3 is 4.74 Å². The van der Waals surface area contributed by atoms with Crippen molar-refractivity contribution >= 4 is 12.2 Å². The number of benzene rings is 1. The normalized spacial score (nSPS) is 14.5. The molecule has 1 nitrogen and oxygen atoms in total. The summed E-state index contributed by atoms with van der Waals surface area (Å²) >= 11 is 0. The second-order valence-corrected chi connectivity index (χ2v) is 3.25. The molecule has 11 heavy (non-hydrogen) atoms. The molecule has 2 rings (SSSR count). The molecule has 1 aromatic carbocycles. The summed E-state index contributed by atoms with van der Waals surface area (Å²) in [6.07, 6.45) is 0. The van der Waals surface area contributed by atoms with E-state index in [4.69, 9.17) is 4.74 Å². The lowest BCUT2D eigenvalue weighted by Gasteiger charge is -1.99. The van der Waals surface area contributed by atoms with E-state index in [0.717, 1.165) is 12.3 Å². The fourth-order valence-electron chi connectivity index (χ4n) is 1.49. The Kier molecular flexibility index (Phi) is 1.41. The van der Waals surface area contributed by atoms with E-state index in [1.54, 1.807) is 0 Å². The Hall–Kier alpha value is -0.915. The Morgan fingerprint density at radius 1 is 1.45 bits per heavy atom. The van der Waals surface area contributed by atoms with Gasteiger partial charge in [-0.15, -0.1) is 0 Å². The van der Waals surface area contributed by atoms with Gasteiger partial charge in [-0.1, -0.05) is 24.5 Å². The fourth-order valence-corrected chi connectivity index (χ4v) is 1.49. The molecule has 1 aliphatic heterocycles. The van der Waals surface area contributed by atoms with Gasteiger partial charge in [-0.3, -0.25) is 0 Å². The van der Waals surface area contributed by atoms with Gasteiger partial charge in [-0.2, -0.15) is 0 Å². The van der Waals surface area contributed by atoms with E-state index in [0.29, 0.717) is 6.71 Å². The van der Waals surface area contributed by atoms with E-state index in [2.05, 4.69) is 31.9 Å². The molecule has 0 aromatic heterocycles. The molecule has 0 saturated carbocycles. The Morgan fingerprint density at radius 2 is 2.27 bits per heavy atom. The zero-order valence-corrected chi connectivity index (χ0v) is 6.92. The first-order valence-electron chi connectivity index (χ1n) is 4.01. The highest BCUT2D eigenvalue weighted by atomic mass is 16.5. The zero-order valence-electron chi connectivity index (χ0n) is 6.92. The van der Waals surface area contributed by atoms with Crippen LogP contribution in [-0.4, -0.2) is 13.2 Å². The van der Waals surface area contributed by atoms with Gasteiger partial charge in [0.1, 0.15) is 5.75 Å². The van der Waals surface area contributed by atoms with Crippen molar-refractivity contribution in [2.75, 3.05) is 6.51 Å². The molecule has 1 aliphatic rings. The molecule has 0 saturated heterocycles. The average Bonchev–Trinajstić information content (AvgIpc) is 2.33. The van der Waals surface area contributed by atoms with Crippen LogP contribution in [0.3, 0.4) is 0 Å². The van der Waals surface area contributed by atoms with Crippen LogP contribution in [0.2, 0.25) is 6.82 Å². The summed E-state index contributed by atoms with van der Waals surface area (Å²) in [5.41, 5.74) is 2.69. The van der Waals surface area contributed by atoms with Crippen molar-refractivity contribution < 1.29 is 4.74 Å². The molecule has 0 spiro atoms. The molecule has 2 heteroatoms. The smallest absolute Gasteiger partial charge is 0.222 e. The highest BCUT2D eigenvalue weighted by Gasteiger charge is 2.22. The van der Waals surface area contributed by atoms with E-state index in [-0.39, 0.29) is 0 Å². The van der Waals surface area contributed by atoms with Gasteiger partial charge in [0.2, 0.25) is 6.71 Å². The predicted molar refractivity (Wildman–Crippen MR) is 47.9 cm³/mol. The van der Waals surface area contributed by atoms with Crippen molar-refractivity contribution in [3.05, 3.63) is 23.8 Å². The van der Waals surface area contributed by atoms with Gasteiger partial charge >= 0.3 is 0 Å². The number of fused-ring (bicyclic) bond motifs is 1. The zero-order chi connectivity index (χ0) is 7.84. The first-order chi connectivity index (χ1) is 5.27. The second kappa shape index (κ2) is 2.30. The van der Waals surface area contributed by atoms with Crippen LogP contribution < -0.4 is 10.2 Å². The van der Waals surface area contributed by atoms with Crippen molar-refractivity contribution in [3.63, 3.8) is 0 Å². The number of rotatable bonds is 0. The van der Waals surface area contributed by atoms with Crippen LogP contribution in [0.15, 0.2) is 18.2 Å². The lowest BCUT2D eigenvalue weighted by atomic mass is 9.49. The lowest BCUT2D eigenvalue weighted by molar-refractivity contribution is 0.397. The SMILES string of the molecule is CB1COc2ccc(C)cc21. The van der Waals surface area contributed by atoms with E-state index in [1.165, 1.54) is 11.0 Å². The molecule has 0 unspecified atom stereocenters. The minimum absolute atomic E-state index is 0.574. The standard InChI is InChI=1S/C9H11BO/c1-7-3-4-9-8(5-7)10(2)6-11-9/h3-5H,6H2,1-2H3. The van der Waals surface area contributed by atoms with Crippen molar-refractivity contribution in [2.45, 2.75) is 13.7 Å². The van der Waals surface area contributed by atoms with E-state index >= 15 is 0 Å². The molecule has 1 heterocycles. The molecule has 0 fully saturated rings. The number of hydrogen-bond acceptors (Lipinski definition) is 1. The lowest BCUT2D eigenvalue weighted by Crippen LogP contribution is -2.24. The minimum Gasteiger partial charge on any atom is -0.502 e. The van der Waals surface area contributed by atoms with Crippen LogP contribution in [0.4, 0.5) is 0 Å². The van der Waals surface area contributed by atoms with Crippen LogP contribution in [0.25, 0.3) is 0 Å². The minimum atomic E-state index is 0.574. The Bertz CT molecular complexity index is 283. The summed E-state index contributed by atoms with van der Waals surface area (Å²) in [5, 5.41) is 0. The van der Waals surface area contributed by atoms with Gasteiger partial charge in [0.05, 0.1) is 6.51 Å². The summed E-state index contributed by atoms with van der Waals surface area (Å²) in [4.78, 5) is 0. The Labute approximate surface area is 67.5 Å². The quantitative estimate of drug-likeness (QED) is 0.500. The topological polar surface area (TPSA) is 9.23 Å². The summed E-state index contributed by atoms with van der Waals surface area (Å²) in [6.45, 7) is 5.74. The number of aryl methyl sites for hydroxylation is 1. The van der Waals surface area contributed by atoms with Crippen molar-refractivity contribution in [1.29, 1.82) is 0 Å². The van der Waals surface area contributed by atoms with E-state index in [9.17, 15) is 0 Å². The summed E-state index contributed by atoms with van der Waals surface area (Å²) in [6, 6.07) is 6.37. The van der Waals surface area contributed by atoms with Crippen molar-refractivity contribution in [1.82, 2.24) is 0 Å². The largest absolute Gasteiger partial charge is 0.502 e.